The monoisotopic (exact) mass is 292 g/mol. The summed E-state index contributed by atoms with van der Waals surface area (Å²) < 4.78 is 5.03. The van der Waals surface area contributed by atoms with Gasteiger partial charge in [0.2, 0.25) is 0 Å². The van der Waals surface area contributed by atoms with Gasteiger partial charge in [0.15, 0.2) is 0 Å². The fourth-order valence-electron chi connectivity index (χ4n) is 1.11. The van der Waals surface area contributed by atoms with Gasteiger partial charge in [-0.25, -0.2) is 0 Å². The quantitative estimate of drug-likeness (QED) is 0.812. The molecular weight excluding hydrogens is 280 g/mol. The maximum atomic E-state index is 11.7. The molecule has 84 valence electrons. The molecule has 1 aromatic rings. The van der Waals surface area contributed by atoms with Crippen molar-refractivity contribution in [2.24, 2.45) is 0 Å². The first-order chi connectivity index (χ1) is 7.27. The van der Waals surface area contributed by atoms with E-state index in [1.807, 2.05) is 0 Å². The Morgan fingerprint density at radius 3 is 3.13 bits per heavy atom. The molecule has 0 aliphatic rings. The summed E-state index contributed by atoms with van der Waals surface area (Å²) in [5.74, 6) is -0.0829. The van der Waals surface area contributed by atoms with E-state index in [0.29, 0.717) is 11.5 Å². The van der Waals surface area contributed by atoms with Crippen LogP contribution in [0.25, 0.3) is 0 Å². The van der Waals surface area contributed by atoms with Gasteiger partial charge < -0.3 is 10.1 Å². The predicted octanol–water partition coefficient (Wildman–Crippen LogP) is 1.67. The Morgan fingerprint density at radius 2 is 2.60 bits per heavy atom. The lowest BCUT2D eigenvalue weighted by Crippen LogP contribution is -2.38. The van der Waals surface area contributed by atoms with Crippen LogP contribution in [0.4, 0.5) is 0 Å². The maximum Gasteiger partial charge on any atom is 0.263 e. The van der Waals surface area contributed by atoms with E-state index in [1.54, 1.807) is 18.8 Å². The first-order valence-electron chi connectivity index (χ1n) is 4.52. The molecule has 1 rings (SSSR count). The molecule has 4 nitrogen and oxygen atoms in total. The van der Waals surface area contributed by atoms with Crippen molar-refractivity contribution in [3.63, 3.8) is 0 Å². The maximum absolute atomic E-state index is 11.7. The van der Waals surface area contributed by atoms with Gasteiger partial charge in [0.05, 0.1) is 24.4 Å². The number of ether oxygens (including phenoxy) is 1. The summed E-state index contributed by atoms with van der Waals surface area (Å²) in [4.78, 5) is 16.1. The highest BCUT2D eigenvalue weighted by Crippen LogP contribution is 2.06. The van der Waals surface area contributed by atoms with Crippen molar-refractivity contribution < 1.29 is 9.53 Å². The van der Waals surface area contributed by atoms with Crippen LogP contribution in [0, 0.1) is 0 Å². The predicted molar refractivity (Wildman–Crippen MR) is 63.7 cm³/mol. The van der Waals surface area contributed by atoms with Gasteiger partial charge in [-0.15, -0.1) is 11.3 Å². The lowest BCUT2D eigenvalue weighted by atomic mass is 10.2. The molecule has 0 fully saturated rings. The number of hydrogen-bond acceptors (Lipinski definition) is 4. The molecule has 0 saturated carbocycles. The molecule has 1 aromatic heterocycles. The Hall–Kier alpha value is -0.460. The zero-order chi connectivity index (χ0) is 11.1. The minimum Gasteiger partial charge on any atom is -0.383 e. The van der Waals surface area contributed by atoms with Gasteiger partial charge in [-0.2, -0.15) is 0 Å². The van der Waals surface area contributed by atoms with E-state index in [4.69, 9.17) is 4.74 Å². The van der Waals surface area contributed by atoms with Crippen LogP contribution in [0.1, 0.15) is 16.1 Å². The summed E-state index contributed by atoms with van der Waals surface area (Å²) in [5.41, 5.74) is 1.64. The van der Waals surface area contributed by atoms with Crippen LogP contribution in [-0.2, 0) is 4.74 Å². The van der Waals surface area contributed by atoms with Crippen molar-refractivity contribution in [1.29, 1.82) is 0 Å². The molecule has 1 heterocycles. The highest BCUT2D eigenvalue weighted by Gasteiger charge is 2.13. The largest absolute Gasteiger partial charge is 0.383 e. The summed E-state index contributed by atoms with van der Waals surface area (Å²) in [6.45, 7) is 0.524. The molecule has 0 aliphatic heterocycles. The topological polar surface area (TPSA) is 51.2 Å². The molecule has 15 heavy (non-hydrogen) atoms. The van der Waals surface area contributed by atoms with E-state index < -0.39 is 0 Å². The Balaban J connectivity index is 2.47. The van der Waals surface area contributed by atoms with E-state index in [1.165, 1.54) is 11.3 Å². The zero-order valence-corrected chi connectivity index (χ0v) is 10.8. The molecule has 0 aromatic carbocycles. The first-order valence-corrected chi connectivity index (χ1v) is 6.52. The van der Waals surface area contributed by atoms with E-state index >= 15 is 0 Å². The third-order valence-electron chi connectivity index (χ3n) is 1.82. The molecule has 1 N–H and O–H groups in total. The Labute approximate surface area is 101 Å². The smallest absolute Gasteiger partial charge is 0.263 e. The molecule has 1 unspecified atom stereocenters. The number of nitrogens with zero attached hydrogens (tertiary/aromatic N) is 1. The Bertz CT molecular complexity index is 286. The molecular formula is C9H13BrN2O2S. The van der Waals surface area contributed by atoms with Crippen molar-refractivity contribution in [2.75, 3.05) is 19.0 Å². The average molecular weight is 293 g/mol. The molecule has 6 heteroatoms. The van der Waals surface area contributed by atoms with Crippen LogP contribution in [0.15, 0.2) is 11.7 Å². The number of nitrogens with one attached hydrogen (secondary N) is 1. The summed E-state index contributed by atoms with van der Waals surface area (Å²) in [5, 5.41) is 3.74. The van der Waals surface area contributed by atoms with Gasteiger partial charge in [-0.1, -0.05) is 15.9 Å². The van der Waals surface area contributed by atoms with Crippen LogP contribution >= 0.6 is 27.3 Å². The van der Waals surface area contributed by atoms with E-state index in [-0.39, 0.29) is 11.9 Å². The normalized spacial score (nSPS) is 12.4. The van der Waals surface area contributed by atoms with Crippen molar-refractivity contribution in [3.8, 4) is 0 Å². The van der Waals surface area contributed by atoms with Gasteiger partial charge >= 0.3 is 0 Å². The second kappa shape index (κ2) is 6.92. The van der Waals surface area contributed by atoms with Crippen molar-refractivity contribution in [2.45, 2.75) is 12.5 Å². The lowest BCUT2D eigenvalue weighted by molar-refractivity contribution is 0.0899. The number of alkyl halides is 1. The molecule has 1 amide bonds. The minimum absolute atomic E-state index is 0.0453. The Kier molecular flexibility index (Phi) is 5.82. The number of carbonyl (C=O) groups excluding carboxylic acids is 1. The number of methoxy groups -OCH3 is 1. The fraction of sp³-hybridized carbons (Fsp3) is 0.556. The minimum atomic E-state index is -0.0829. The van der Waals surface area contributed by atoms with Gasteiger partial charge in [0.25, 0.3) is 5.91 Å². The summed E-state index contributed by atoms with van der Waals surface area (Å²) in [6.07, 6.45) is 2.41. The standard InChI is InChI=1S/C9H13BrN2O2S/c1-14-5-7(2-3-10)12-9(13)8-4-11-6-15-8/h4,6-7H,2-3,5H2,1H3,(H,12,13). The number of aromatic nitrogens is 1. The molecule has 0 spiro atoms. The van der Waals surface area contributed by atoms with E-state index in [2.05, 4.69) is 26.2 Å². The van der Waals surface area contributed by atoms with Gasteiger partial charge in [0, 0.05) is 12.4 Å². The number of rotatable bonds is 6. The van der Waals surface area contributed by atoms with Crippen LogP contribution < -0.4 is 5.32 Å². The van der Waals surface area contributed by atoms with Crippen molar-refractivity contribution in [3.05, 3.63) is 16.6 Å². The average Bonchev–Trinajstić information content (AvgIpc) is 2.71. The van der Waals surface area contributed by atoms with Crippen molar-refractivity contribution in [1.82, 2.24) is 10.3 Å². The van der Waals surface area contributed by atoms with E-state index in [9.17, 15) is 4.79 Å². The molecule has 0 saturated heterocycles. The van der Waals surface area contributed by atoms with Crippen LogP contribution in [0.3, 0.4) is 0 Å². The summed E-state index contributed by atoms with van der Waals surface area (Å²) in [6, 6.07) is 0.0453. The number of carbonyl (C=O) groups is 1. The SMILES string of the molecule is COCC(CCBr)NC(=O)c1cncs1. The van der Waals surface area contributed by atoms with Crippen molar-refractivity contribution >= 4 is 33.2 Å². The lowest BCUT2D eigenvalue weighted by Gasteiger charge is -2.15. The van der Waals surface area contributed by atoms with Crippen LogP contribution in [0.2, 0.25) is 0 Å². The van der Waals surface area contributed by atoms with Gasteiger partial charge in [-0.05, 0) is 6.42 Å². The Morgan fingerprint density at radius 1 is 1.80 bits per heavy atom. The number of thiazole rings is 1. The fourth-order valence-corrected chi connectivity index (χ4v) is 2.19. The molecule has 0 bridgehead atoms. The molecule has 0 radical (unpaired) electrons. The van der Waals surface area contributed by atoms with E-state index in [0.717, 1.165) is 11.8 Å². The van der Waals surface area contributed by atoms with Crippen LogP contribution in [-0.4, -0.2) is 36.0 Å². The molecule has 1 atom stereocenters. The zero-order valence-electron chi connectivity index (χ0n) is 8.40. The first kappa shape index (κ1) is 12.6. The number of hydrogen-bond donors (Lipinski definition) is 1. The third kappa shape index (κ3) is 4.27. The van der Waals surface area contributed by atoms with Crippen LogP contribution in [0.5, 0.6) is 0 Å². The highest BCUT2D eigenvalue weighted by molar-refractivity contribution is 9.09. The second-order valence-electron chi connectivity index (χ2n) is 2.97. The summed E-state index contributed by atoms with van der Waals surface area (Å²) in [7, 11) is 1.63. The third-order valence-corrected chi connectivity index (χ3v) is 3.05. The highest BCUT2D eigenvalue weighted by atomic mass is 79.9. The number of halogens is 1. The summed E-state index contributed by atoms with van der Waals surface area (Å²) >= 11 is 4.68. The molecule has 0 aliphatic carbocycles. The second-order valence-corrected chi connectivity index (χ2v) is 4.65. The van der Waals surface area contributed by atoms with Gasteiger partial charge in [0.1, 0.15) is 4.88 Å². The number of amides is 1. The van der Waals surface area contributed by atoms with Gasteiger partial charge in [-0.3, -0.25) is 9.78 Å².